The van der Waals surface area contributed by atoms with Gasteiger partial charge in [0.2, 0.25) is 21.7 Å². The van der Waals surface area contributed by atoms with Gasteiger partial charge in [-0.05, 0) is 38.1 Å². The summed E-state index contributed by atoms with van der Waals surface area (Å²) in [6.07, 6.45) is 0. The molecule has 0 fully saturated rings. The van der Waals surface area contributed by atoms with Gasteiger partial charge in [-0.25, -0.2) is 12.8 Å². The highest BCUT2D eigenvalue weighted by Crippen LogP contribution is 2.26. The van der Waals surface area contributed by atoms with Gasteiger partial charge in [0.1, 0.15) is 15.9 Å². The maximum atomic E-state index is 13.0. The zero-order valence-corrected chi connectivity index (χ0v) is 15.6. The number of benzene rings is 1. The lowest BCUT2D eigenvalue weighted by atomic mass is 10.2. The zero-order chi connectivity index (χ0) is 19.1. The topological polar surface area (TPSA) is 103 Å². The van der Waals surface area contributed by atoms with Crippen LogP contribution in [-0.2, 0) is 17.1 Å². The average Bonchev–Trinajstić information content (AvgIpc) is 3.13. The van der Waals surface area contributed by atoms with Gasteiger partial charge < -0.3 is 4.52 Å². The second-order valence-corrected chi connectivity index (χ2v) is 7.64. The molecule has 1 unspecified atom stereocenters. The van der Waals surface area contributed by atoms with Crippen molar-refractivity contribution in [2.75, 3.05) is 0 Å². The fourth-order valence-electron chi connectivity index (χ4n) is 2.39. The van der Waals surface area contributed by atoms with Crippen LogP contribution in [0.5, 0.6) is 0 Å². The number of rotatable bonds is 5. The van der Waals surface area contributed by atoms with Crippen molar-refractivity contribution in [1.29, 1.82) is 0 Å². The van der Waals surface area contributed by atoms with Crippen LogP contribution in [0, 0.1) is 12.7 Å². The van der Waals surface area contributed by atoms with Gasteiger partial charge in [0.25, 0.3) is 0 Å². The molecular weight excluding hydrogens is 385 g/mol. The van der Waals surface area contributed by atoms with Crippen molar-refractivity contribution >= 4 is 21.6 Å². The Balaban J connectivity index is 1.84. The molecule has 1 N–H and O–H groups in total. The molecule has 1 atom stereocenters. The normalized spacial score (nSPS) is 13.1. The molecule has 0 saturated heterocycles. The predicted molar refractivity (Wildman–Crippen MR) is 91.4 cm³/mol. The van der Waals surface area contributed by atoms with Gasteiger partial charge >= 0.3 is 0 Å². The van der Waals surface area contributed by atoms with Crippen LogP contribution < -0.4 is 4.72 Å². The van der Waals surface area contributed by atoms with E-state index < -0.39 is 16.1 Å². The summed E-state index contributed by atoms with van der Waals surface area (Å²) < 4.78 is 47.0. The summed E-state index contributed by atoms with van der Waals surface area (Å²) in [6, 6.07) is 4.72. The molecule has 1 aromatic carbocycles. The highest BCUT2D eigenvalue weighted by Gasteiger charge is 2.29. The van der Waals surface area contributed by atoms with Gasteiger partial charge in [0, 0.05) is 12.6 Å². The number of hydrogen-bond acceptors (Lipinski definition) is 6. The maximum Gasteiger partial charge on any atom is 0.246 e. The fourth-order valence-corrected chi connectivity index (χ4v) is 4.33. The Morgan fingerprint density at radius 3 is 2.54 bits per heavy atom. The summed E-state index contributed by atoms with van der Waals surface area (Å²) in [5.41, 5.74) is 0.817. The van der Waals surface area contributed by atoms with Crippen molar-refractivity contribution in [2.24, 2.45) is 7.05 Å². The Morgan fingerprint density at radius 1 is 1.31 bits per heavy atom. The van der Waals surface area contributed by atoms with Crippen LogP contribution in [0.1, 0.15) is 24.6 Å². The smallest absolute Gasteiger partial charge is 0.246 e. The standard InChI is InChI=1S/C15H15ClFN5O3S/c1-8-12(13(16)22(3)19-8)26(23,24)21-9(2)15-18-14(20-25-15)10-4-6-11(17)7-5-10/h4-7,9,21H,1-3H3. The minimum Gasteiger partial charge on any atom is -0.337 e. The number of hydrogen-bond donors (Lipinski definition) is 1. The molecule has 3 aromatic rings. The molecule has 0 spiro atoms. The molecule has 26 heavy (non-hydrogen) atoms. The lowest BCUT2D eigenvalue weighted by Gasteiger charge is -2.10. The third kappa shape index (κ3) is 3.48. The Hall–Kier alpha value is -2.30. The van der Waals surface area contributed by atoms with Crippen molar-refractivity contribution in [2.45, 2.75) is 24.8 Å². The Bertz CT molecular complexity index is 1050. The first kappa shape index (κ1) is 18.5. The first-order chi connectivity index (χ1) is 12.2. The van der Waals surface area contributed by atoms with Crippen molar-refractivity contribution in [3.05, 3.63) is 46.8 Å². The van der Waals surface area contributed by atoms with Crippen LogP contribution in [0.2, 0.25) is 5.15 Å². The molecule has 8 nitrogen and oxygen atoms in total. The van der Waals surface area contributed by atoms with Crippen LogP contribution in [0.25, 0.3) is 11.4 Å². The highest BCUT2D eigenvalue weighted by atomic mass is 35.5. The molecule has 3 rings (SSSR count). The van der Waals surface area contributed by atoms with Gasteiger partial charge in [-0.1, -0.05) is 16.8 Å². The van der Waals surface area contributed by atoms with E-state index in [1.165, 1.54) is 28.9 Å². The SMILES string of the molecule is Cc1nn(C)c(Cl)c1S(=O)(=O)NC(C)c1nc(-c2ccc(F)cc2)no1. The molecule has 0 bridgehead atoms. The molecule has 2 aromatic heterocycles. The van der Waals surface area contributed by atoms with E-state index in [-0.39, 0.29) is 33.3 Å². The number of nitrogens with one attached hydrogen (secondary N) is 1. The Morgan fingerprint density at radius 2 is 1.96 bits per heavy atom. The molecule has 0 aliphatic carbocycles. The monoisotopic (exact) mass is 399 g/mol. The number of aryl methyl sites for hydroxylation is 2. The quantitative estimate of drug-likeness (QED) is 0.707. The minimum atomic E-state index is -3.95. The molecule has 0 amide bonds. The summed E-state index contributed by atoms with van der Waals surface area (Å²) >= 11 is 6.02. The Kier molecular flexibility index (Phi) is 4.82. The van der Waals surface area contributed by atoms with E-state index in [4.69, 9.17) is 16.1 Å². The molecule has 11 heteroatoms. The Labute approximate surface area is 154 Å². The molecular formula is C15H15ClFN5O3S. The van der Waals surface area contributed by atoms with E-state index in [1.807, 2.05) is 0 Å². The van der Waals surface area contributed by atoms with Gasteiger partial charge in [0.05, 0.1) is 11.7 Å². The molecule has 0 aliphatic heterocycles. The highest BCUT2D eigenvalue weighted by molar-refractivity contribution is 7.89. The van der Waals surface area contributed by atoms with Gasteiger partial charge in [0.15, 0.2) is 0 Å². The second-order valence-electron chi connectivity index (χ2n) is 5.64. The van der Waals surface area contributed by atoms with Crippen molar-refractivity contribution in [3.8, 4) is 11.4 Å². The number of aromatic nitrogens is 4. The first-order valence-electron chi connectivity index (χ1n) is 7.50. The molecule has 0 radical (unpaired) electrons. The van der Waals surface area contributed by atoms with E-state index in [9.17, 15) is 12.8 Å². The number of sulfonamides is 1. The summed E-state index contributed by atoms with van der Waals surface area (Å²) in [4.78, 5) is 4.05. The molecule has 138 valence electrons. The van der Waals surface area contributed by atoms with Crippen LogP contribution in [0.4, 0.5) is 4.39 Å². The van der Waals surface area contributed by atoms with E-state index >= 15 is 0 Å². The molecule has 0 aliphatic rings. The third-order valence-corrected chi connectivity index (χ3v) is 5.85. The van der Waals surface area contributed by atoms with E-state index in [0.717, 1.165) is 0 Å². The fraction of sp³-hybridized carbons (Fsp3) is 0.267. The summed E-state index contributed by atoms with van der Waals surface area (Å²) in [7, 11) is -2.41. The van der Waals surface area contributed by atoms with Gasteiger partial charge in [-0.3, -0.25) is 4.68 Å². The third-order valence-electron chi connectivity index (χ3n) is 3.62. The van der Waals surface area contributed by atoms with Crippen LogP contribution >= 0.6 is 11.6 Å². The van der Waals surface area contributed by atoms with Gasteiger partial charge in [-0.15, -0.1) is 0 Å². The van der Waals surface area contributed by atoms with Crippen LogP contribution in [0.3, 0.4) is 0 Å². The van der Waals surface area contributed by atoms with Crippen LogP contribution in [0.15, 0.2) is 33.7 Å². The zero-order valence-electron chi connectivity index (χ0n) is 14.1. The van der Waals surface area contributed by atoms with E-state index in [2.05, 4.69) is 20.0 Å². The van der Waals surface area contributed by atoms with E-state index in [0.29, 0.717) is 5.56 Å². The largest absolute Gasteiger partial charge is 0.337 e. The average molecular weight is 400 g/mol. The van der Waals surface area contributed by atoms with Crippen LogP contribution in [-0.4, -0.2) is 28.3 Å². The summed E-state index contributed by atoms with van der Waals surface area (Å²) in [5.74, 6) is -0.102. The van der Waals surface area contributed by atoms with E-state index in [1.54, 1.807) is 20.9 Å². The lowest BCUT2D eigenvalue weighted by molar-refractivity contribution is 0.354. The predicted octanol–water partition coefficient (Wildman–Crippen LogP) is 2.61. The van der Waals surface area contributed by atoms with Gasteiger partial charge in [-0.2, -0.15) is 14.8 Å². The first-order valence-corrected chi connectivity index (χ1v) is 9.36. The second kappa shape index (κ2) is 6.78. The number of halogens is 2. The maximum absolute atomic E-state index is 13.0. The lowest BCUT2D eigenvalue weighted by Crippen LogP contribution is -2.27. The van der Waals surface area contributed by atoms with Crippen molar-refractivity contribution in [3.63, 3.8) is 0 Å². The van der Waals surface area contributed by atoms with Crippen molar-refractivity contribution in [1.82, 2.24) is 24.6 Å². The minimum absolute atomic E-state index is 0.000250. The summed E-state index contributed by atoms with van der Waals surface area (Å²) in [5, 5.41) is 7.78. The molecule has 2 heterocycles. The van der Waals surface area contributed by atoms with Crippen molar-refractivity contribution < 1.29 is 17.3 Å². The molecule has 0 saturated carbocycles. The number of nitrogens with zero attached hydrogens (tertiary/aromatic N) is 4. The summed E-state index contributed by atoms with van der Waals surface area (Å²) in [6.45, 7) is 3.10.